The number of hydrogen-bond donors (Lipinski definition) is 2. The Morgan fingerprint density at radius 3 is 2.93 bits per heavy atom. The third-order valence-electron chi connectivity index (χ3n) is 2.35. The maximum atomic E-state index is 10.5. The number of fused-ring (bicyclic) bond motifs is 1. The number of nitrogens with one attached hydrogen (secondary N) is 1. The van der Waals surface area contributed by atoms with Crippen molar-refractivity contribution in [1.29, 1.82) is 0 Å². The molecule has 0 amide bonds. The van der Waals surface area contributed by atoms with Crippen LogP contribution in [0.25, 0.3) is 0 Å². The topological polar surface area (TPSA) is 49.3 Å². The number of benzene rings is 1. The third kappa shape index (κ3) is 2.05. The Morgan fingerprint density at radius 2 is 2.21 bits per heavy atom. The first kappa shape index (κ1) is 11.0. The Balaban J connectivity index is 0.000000980. The van der Waals surface area contributed by atoms with Crippen LogP contribution in [0.1, 0.15) is 23.6 Å². The van der Waals surface area contributed by atoms with Gasteiger partial charge in [0.2, 0.25) is 0 Å². The molecule has 1 aliphatic rings. The van der Waals surface area contributed by atoms with Crippen LogP contribution in [0.3, 0.4) is 0 Å². The average Bonchev–Trinajstić information content (AvgIpc) is 2.48. The zero-order chi connectivity index (χ0) is 9.26. The number of rotatable bonds is 2. The van der Waals surface area contributed by atoms with Crippen LogP contribution in [0.4, 0.5) is 0 Å². The van der Waals surface area contributed by atoms with Crippen LogP contribution in [-0.2, 0) is 11.3 Å². The maximum Gasteiger partial charge on any atom is 0.305 e. The largest absolute Gasteiger partial charge is 0.481 e. The predicted octanol–water partition coefficient (Wildman–Crippen LogP) is 1.73. The van der Waals surface area contributed by atoms with Crippen LogP contribution in [0.5, 0.6) is 0 Å². The molecule has 2 rings (SSSR count). The molecule has 0 spiro atoms. The van der Waals surface area contributed by atoms with Crippen molar-refractivity contribution >= 4 is 18.4 Å². The predicted molar refractivity (Wildman–Crippen MR) is 55.5 cm³/mol. The van der Waals surface area contributed by atoms with Crippen molar-refractivity contribution in [2.75, 3.05) is 0 Å². The summed E-state index contributed by atoms with van der Waals surface area (Å²) in [6, 6.07) is 7.94. The maximum absolute atomic E-state index is 10.5. The minimum absolute atomic E-state index is 0. The number of carbonyl (C=O) groups is 1. The highest BCUT2D eigenvalue weighted by molar-refractivity contribution is 5.85. The quantitative estimate of drug-likeness (QED) is 0.787. The van der Waals surface area contributed by atoms with Crippen LogP contribution in [0, 0.1) is 0 Å². The van der Waals surface area contributed by atoms with Crippen molar-refractivity contribution in [3.63, 3.8) is 0 Å². The molecule has 4 heteroatoms. The molecule has 2 N–H and O–H groups in total. The number of hydrogen-bond acceptors (Lipinski definition) is 2. The van der Waals surface area contributed by atoms with Crippen LogP contribution >= 0.6 is 12.4 Å². The van der Waals surface area contributed by atoms with Gasteiger partial charge in [0.05, 0.1) is 6.42 Å². The van der Waals surface area contributed by atoms with E-state index in [1.54, 1.807) is 0 Å². The molecule has 1 heterocycles. The molecule has 1 aliphatic heterocycles. The lowest BCUT2D eigenvalue weighted by molar-refractivity contribution is -0.137. The number of carboxylic acids is 1. The second-order valence-corrected chi connectivity index (χ2v) is 3.23. The summed E-state index contributed by atoms with van der Waals surface area (Å²) in [6.07, 6.45) is 0.164. The molecule has 14 heavy (non-hydrogen) atoms. The van der Waals surface area contributed by atoms with E-state index in [9.17, 15) is 4.79 Å². The molecule has 0 aromatic heterocycles. The highest BCUT2D eigenvalue weighted by atomic mass is 35.5. The third-order valence-corrected chi connectivity index (χ3v) is 2.35. The first-order valence-corrected chi connectivity index (χ1v) is 4.30. The van der Waals surface area contributed by atoms with Gasteiger partial charge in [-0.25, -0.2) is 0 Å². The minimum Gasteiger partial charge on any atom is -0.481 e. The highest BCUT2D eigenvalue weighted by Crippen LogP contribution is 2.26. The lowest BCUT2D eigenvalue weighted by Gasteiger charge is -2.07. The lowest BCUT2D eigenvalue weighted by Crippen LogP contribution is -2.15. The lowest BCUT2D eigenvalue weighted by atomic mass is 10.0. The van der Waals surface area contributed by atoms with E-state index < -0.39 is 5.97 Å². The normalized spacial score (nSPS) is 18.4. The van der Waals surface area contributed by atoms with Gasteiger partial charge in [-0.2, -0.15) is 0 Å². The molecule has 0 aliphatic carbocycles. The molecular formula is C10H12ClNO2. The van der Waals surface area contributed by atoms with Crippen LogP contribution in [-0.4, -0.2) is 11.1 Å². The van der Waals surface area contributed by atoms with Gasteiger partial charge in [0.25, 0.3) is 0 Å². The monoisotopic (exact) mass is 213 g/mol. The SMILES string of the molecule is Cl.O=C(O)CC1NCc2ccccc21. The van der Waals surface area contributed by atoms with Crippen LogP contribution in [0.15, 0.2) is 24.3 Å². The summed E-state index contributed by atoms with van der Waals surface area (Å²) >= 11 is 0. The minimum atomic E-state index is -0.755. The number of aliphatic carboxylic acids is 1. The standard InChI is InChI=1S/C10H11NO2.ClH/c12-10(13)5-9-8-4-2-1-3-7(8)6-11-9;/h1-4,9,11H,5-6H2,(H,12,13);1H. The van der Waals surface area contributed by atoms with E-state index in [2.05, 4.69) is 5.32 Å². The zero-order valence-corrected chi connectivity index (χ0v) is 8.38. The van der Waals surface area contributed by atoms with Crippen LogP contribution < -0.4 is 5.32 Å². The first-order chi connectivity index (χ1) is 6.27. The van der Waals surface area contributed by atoms with Gasteiger partial charge >= 0.3 is 5.97 Å². The van der Waals surface area contributed by atoms with E-state index in [1.165, 1.54) is 5.56 Å². The first-order valence-electron chi connectivity index (χ1n) is 4.30. The molecule has 0 saturated carbocycles. The van der Waals surface area contributed by atoms with Gasteiger partial charge in [0, 0.05) is 12.6 Å². The second-order valence-electron chi connectivity index (χ2n) is 3.23. The van der Waals surface area contributed by atoms with E-state index >= 15 is 0 Å². The van der Waals surface area contributed by atoms with Gasteiger partial charge < -0.3 is 10.4 Å². The molecule has 0 radical (unpaired) electrons. The molecule has 1 aromatic carbocycles. The summed E-state index contributed by atoms with van der Waals surface area (Å²) in [5.74, 6) is -0.755. The summed E-state index contributed by atoms with van der Waals surface area (Å²) < 4.78 is 0. The Kier molecular flexibility index (Phi) is 3.49. The summed E-state index contributed by atoms with van der Waals surface area (Å²) in [4.78, 5) is 10.5. The molecule has 0 saturated heterocycles. The van der Waals surface area contributed by atoms with E-state index in [4.69, 9.17) is 5.11 Å². The molecule has 1 unspecified atom stereocenters. The Hall–Kier alpha value is -1.06. The van der Waals surface area contributed by atoms with Crippen molar-refractivity contribution in [3.05, 3.63) is 35.4 Å². The Morgan fingerprint density at radius 1 is 1.50 bits per heavy atom. The molecule has 3 nitrogen and oxygen atoms in total. The van der Waals surface area contributed by atoms with Gasteiger partial charge in [-0.15, -0.1) is 12.4 Å². The summed E-state index contributed by atoms with van der Waals surface area (Å²) in [5, 5.41) is 11.8. The van der Waals surface area contributed by atoms with E-state index in [0.717, 1.165) is 12.1 Å². The van der Waals surface area contributed by atoms with Crippen molar-refractivity contribution in [2.45, 2.75) is 19.0 Å². The fraction of sp³-hybridized carbons (Fsp3) is 0.300. The molecule has 0 fully saturated rings. The average molecular weight is 214 g/mol. The highest BCUT2D eigenvalue weighted by Gasteiger charge is 2.22. The number of carboxylic acid groups (broad SMARTS) is 1. The van der Waals surface area contributed by atoms with Gasteiger partial charge in [0.1, 0.15) is 0 Å². The molecule has 76 valence electrons. The fourth-order valence-corrected chi connectivity index (χ4v) is 1.73. The van der Waals surface area contributed by atoms with Crippen molar-refractivity contribution < 1.29 is 9.90 Å². The van der Waals surface area contributed by atoms with E-state index in [-0.39, 0.29) is 24.9 Å². The van der Waals surface area contributed by atoms with Gasteiger partial charge in [-0.05, 0) is 11.1 Å². The smallest absolute Gasteiger partial charge is 0.305 e. The Labute approximate surface area is 88.5 Å². The molecular weight excluding hydrogens is 202 g/mol. The number of halogens is 1. The molecule has 0 bridgehead atoms. The van der Waals surface area contributed by atoms with Gasteiger partial charge in [-0.1, -0.05) is 24.3 Å². The summed E-state index contributed by atoms with van der Waals surface area (Å²) in [5.41, 5.74) is 2.35. The second kappa shape index (κ2) is 4.44. The summed E-state index contributed by atoms with van der Waals surface area (Å²) in [6.45, 7) is 0.786. The van der Waals surface area contributed by atoms with E-state index in [1.807, 2.05) is 24.3 Å². The molecule has 1 aromatic rings. The van der Waals surface area contributed by atoms with Gasteiger partial charge in [0.15, 0.2) is 0 Å². The van der Waals surface area contributed by atoms with Crippen LogP contribution in [0.2, 0.25) is 0 Å². The summed E-state index contributed by atoms with van der Waals surface area (Å²) in [7, 11) is 0. The zero-order valence-electron chi connectivity index (χ0n) is 7.56. The van der Waals surface area contributed by atoms with Crippen molar-refractivity contribution in [1.82, 2.24) is 5.32 Å². The Bertz CT molecular complexity index is 341. The van der Waals surface area contributed by atoms with Crippen molar-refractivity contribution in [3.8, 4) is 0 Å². The molecule has 1 atom stereocenters. The van der Waals surface area contributed by atoms with Gasteiger partial charge in [-0.3, -0.25) is 4.79 Å². The van der Waals surface area contributed by atoms with Crippen molar-refractivity contribution in [2.24, 2.45) is 0 Å². The fourth-order valence-electron chi connectivity index (χ4n) is 1.73. The van der Waals surface area contributed by atoms with E-state index in [0.29, 0.717) is 0 Å².